The van der Waals surface area contributed by atoms with E-state index in [9.17, 15) is 30.3 Å². The van der Waals surface area contributed by atoms with Gasteiger partial charge in [-0.25, -0.2) is 9.97 Å². The summed E-state index contributed by atoms with van der Waals surface area (Å²) in [5, 5.41) is 71.6. The highest BCUT2D eigenvalue weighted by Gasteiger charge is 2.31. The van der Waals surface area contributed by atoms with Gasteiger partial charge in [-0.05, 0) is 29.2 Å². The second kappa shape index (κ2) is 15.1. The fraction of sp³-hybridized carbons (Fsp3) is 0.387. The van der Waals surface area contributed by atoms with Crippen LogP contribution in [0.1, 0.15) is 5.56 Å². The minimum Gasteiger partial charge on any atom is -0.507 e. The summed E-state index contributed by atoms with van der Waals surface area (Å²) in [6.45, 7) is 2.19. The predicted octanol–water partition coefficient (Wildman–Crippen LogP) is 1.28. The largest absolute Gasteiger partial charge is 0.507 e. The maximum Gasteiger partial charge on any atom is 0.313 e. The van der Waals surface area contributed by atoms with Gasteiger partial charge < -0.3 is 46.0 Å². The van der Waals surface area contributed by atoms with Crippen molar-refractivity contribution in [1.29, 1.82) is 0 Å². The number of phenolic OH excluding ortho intramolecular Hbond substituents is 1. The fourth-order valence-corrected chi connectivity index (χ4v) is 6.19. The van der Waals surface area contributed by atoms with E-state index >= 15 is 0 Å². The molecule has 2 aromatic heterocycles. The lowest BCUT2D eigenvalue weighted by molar-refractivity contribution is -0.133. The molecule has 1 aliphatic heterocycles. The molecule has 13 nitrogen and oxygen atoms in total. The van der Waals surface area contributed by atoms with Gasteiger partial charge in [0.15, 0.2) is 10.8 Å². The van der Waals surface area contributed by atoms with Crippen molar-refractivity contribution >= 4 is 40.5 Å². The number of imidazole rings is 1. The number of phenols is 1. The van der Waals surface area contributed by atoms with Crippen molar-refractivity contribution in [2.75, 3.05) is 38.5 Å². The van der Waals surface area contributed by atoms with Crippen LogP contribution in [-0.4, -0.2) is 125 Å². The standard InChI is InChI=1S/C31H36ClN5O8S/c32-21-8-22-30(36-31(34-22)46-15-26(42)43)35-27(21)19-4-2-18(3-5-19)20-6-1-16(7-23(20)39)11-37-12-17(13-37)9-33-10-24(40)28(44)29(45)25(41)14-38/h1-8,17,24-25,28-29,33,38-41,44-45H,9-15H2,(H,42,43)(H,34,35,36)/t24-,25+,28+,29+/m0/s1. The molecule has 0 amide bonds. The number of aliphatic hydroxyl groups excluding tert-OH is 5. The third-order valence-corrected chi connectivity index (χ3v) is 8.97. The molecular formula is C31H36ClN5O8S. The van der Waals surface area contributed by atoms with Gasteiger partial charge in [0.05, 0.1) is 34.7 Å². The van der Waals surface area contributed by atoms with Gasteiger partial charge in [0.2, 0.25) is 0 Å². The molecule has 1 saturated heterocycles. The molecule has 4 atom stereocenters. The first kappa shape index (κ1) is 34.0. The van der Waals surface area contributed by atoms with Crippen molar-refractivity contribution in [3.05, 3.63) is 59.1 Å². The highest BCUT2D eigenvalue weighted by Crippen LogP contribution is 2.34. The summed E-state index contributed by atoms with van der Waals surface area (Å²) in [6.07, 6.45) is -6.05. The number of aromatic hydroxyl groups is 1. The van der Waals surface area contributed by atoms with Crippen LogP contribution in [0.2, 0.25) is 5.02 Å². The minimum atomic E-state index is -1.64. The summed E-state index contributed by atoms with van der Waals surface area (Å²) >= 11 is 7.58. The van der Waals surface area contributed by atoms with Crippen molar-refractivity contribution in [2.45, 2.75) is 36.1 Å². The number of carboxylic acid groups (broad SMARTS) is 1. The van der Waals surface area contributed by atoms with Crippen molar-refractivity contribution in [3.8, 4) is 28.1 Å². The summed E-state index contributed by atoms with van der Waals surface area (Å²) in [5.74, 6) is -0.575. The third kappa shape index (κ3) is 8.15. The zero-order valence-electron chi connectivity index (χ0n) is 24.6. The number of benzene rings is 2. The molecule has 0 spiro atoms. The van der Waals surface area contributed by atoms with Gasteiger partial charge in [0, 0.05) is 43.9 Å². The van der Waals surface area contributed by atoms with E-state index in [1.807, 2.05) is 36.4 Å². The Balaban J connectivity index is 1.12. The molecule has 0 saturated carbocycles. The average Bonchev–Trinajstić information content (AvgIpc) is 3.42. The zero-order valence-corrected chi connectivity index (χ0v) is 26.2. The number of fused-ring (bicyclic) bond motifs is 1. The molecule has 1 fully saturated rings. The Labute approximate surface area is 273 Å². The van der Waals surface area contributed by atoms with Crippen LogP contribution < -0.4 is 5.32 Å². The lowest BCUT2D eigenvalue weighted by Gasteiger charge is -2.39. The average molecular weight is 674 g/mol. The Bertz CT molecular complexity index is 1650. The van der Waals surface area contributed by atoms with Crippen LogP contribution in [0.25, 0.3) is 33.5 Å². The smallest absolute Gasteiger partial charge is 0.313 e. The number of nitrogens with zero attached hydrogens (tertiary/aromatic N) is 3. The topological polar surface area (TPSA) is 216 Å². The Hall–Kier alpha value is -3.31. The molecule has 3 heterocycles. The van der Waals surface area contributed by atoms with Crippen LogP contribution in [0, 0.1) is 5.92 Å². The molecule has 0 radical (unpaired) electrons. The molecule has 0 aliphatic carbocycles. The van der Waals surface area contributed by atoms with Crippen molar-refractivity contribution < 1.29 is 40.5 Å². The van der Waals surface area contributed by atoms with Crippen molar-refractivity contribution in [3.63, 3.8) is 0 Å². The monoisotopic (exact) mass is 673 g/mol. The number of aromatic amines is 1. The number of thioether (sulfide) groups is 1. The van der Waals surface area contributed by atoms with Crippen LogP contribution in [0.3, 0.4) is 0 Å². The van der Waals surface area contributed by atoms with Gasteiger partial charge in [-0.3, -0.25) is 9.69 Å². The molecule has 46 heavy (non-hydrogen) atoms. The molecule has 1 aliphatic rings. The number of carboxylic acids is 1. The molecule has 2 aromatic carbocycles. The minimum absolute atomic E-state index is 0.0301. The molecule has 0 bridgehead atoms. The second-order valence-corrected chi connectivity index (χ2v) is 12.7. The summed E-state index contributed by atoms with van der Waals surface area (Å²) in [7, 11) is 0. The number of halogens is 1. The number of nitrogens with one attached hydrogen (secondary N) is 2. The van der Waals surface area contributed by atoms with Crippen LogP contribution >= 0.6 is 23.4 Å². The Kier molecular flexibility index (Phi) is 11.1. The van der Waals surface area contributed by atoms with Gasteiger partial charge in [0.25, 0.3) is 0 Å². The van der Waals surface area contributed by atoms with Crippen LogP contribution in [0.5, 0.6) is 5.75 Å². The summed E-state index contributed by atoms with van der Waals surface area (Å²) < 4.78 is 0. The van der Waals surface area contributed by atoms with Crippen LogP contribution in [-0.2, 0) is 11.3 Å². The predicted molar refractivity (Wildman–Crippen MR) is 173 cm³/mol. The number of hydrogen-bond acceptors (Lipinski definition) is 12. The number of rotatable bonds is 15. The number of H-pyrrole nitrogens is 1. The Morgan fingerprint density at radius 2 is 1.72 bits per heavy atom. The van der Waals surface area contributed by atoms with Gasteiger partial charge in [-0.15, -0.1) is 0 Å². The Morgan fingerprint density at radius 1 is 1.02 bits per heavy atom. The molecule has 4 aromatic rings. The quantitative estimate of drug-likeness (QED) is 0.0814. The van der Waals surface area contributed by atoms with E-state index in [0.717, 1.165) is 41.5 Å². The van der Waals surface area contributed by atoms with E-state index in [-0.39, 0.29) is 18.0 Å². The SMILES string of the molecule is O=C(O)CSc1nc2nc(-c3ccc(-c4ccc(CN5CC(CNC[C@H](O)[C@@H](O)[C@H](O)[C@H](O)CO)C5)cc4O)cc3)c(Cl)cc2[nH]1. The van der Waals surface area contributed by atoms with Gasteiger partial charge in [-0.2, -0.15) is 0 Å². The van der Waals surface area contributed by atoms with Crippen molar-refractivity contribution in [1.82, 2.24) is 25.2 Å². The first-order valence-electron chi connectivity index (χ1n) is 14.6. The summed E-state index contributed by atoms with van der Waals surface area (Å²) in [6, 6.07) is 14.8. The molecular weight excluding hydrogens is 638 g/mol. The van der Waals surface area contributed by atoms with E-state index in [1.165, 1.54) is 0 Å². The van der Waals surface area contributed by atoms with Crippen LogP contribution in [0.15, 0.2) is 53.7 Å². The lowest BCUT2D eigenvalue weighted by Crippen LogP contribution is -2.52. The van der Waals surface area contributed by atoms with E-state index in [2.05, 4.69) is 25.2 Å². The van der Waals surface area contributed by atoms with Crippen LogP contribution in [0.4, 0.5) is 0 Å². The molecule has 9 N–H and O–H groups in total. The highest BCUT2D eigenvalue weighted by molar-refractivity contribution is 7.99. The molecule has 0 unspecified atom stereocenters. The fourth-order valence-electron chi connectivity index (χ4n) is 5.34. The maximum absolute atomic E-state index is 10.9. The normalized spacial score (nSPS) is 16.7. The first-order chi connectivity index (χ1) is 22.0. The van der Waals surface area contributed by atoms with E-state index in [1.54, 1.807) is 12.1 Å². The highest BCUT2D eigenvalue weighted by atomic mass is 35.5. The number of aliphatic carboxylic acids is 1. The Morgan fingerprint density at radius 3 is 2.39 bits per heavy atom. The molecule has 15 heteroatoms. The summed E-state index contributed by atoms with van der Waals surface area (Å²) in [5.41, 5.74) is 4.80. The second-order valence-electron chi connectivity index (χ2n) is 11.4. The van der Waals surface area contributed by atoms with Gasteiger partial charge >= 0.3 is 5.97 Å². The summed E-state index contributed by atoms with van der Waals surface area (Å²) in [4.78, 5) is 25.1. The number of carbonyl (C=O) groups is 1. The zero-order chi connectivity index (χ0) is 33.0. The maximum atomic E-state index is 10.9. The number of hydrogen-bond donors (Lipinski definition) is 9. The number of aromatic nitrogens is 3. The molecule has 246 valence electrons. The number of pyridine rings is 1. The first-order valence-corrected chi connectivity index (χ1v) is 16.0. The van der Waals surface area contributed by atoms with Gasteiger partial charge in [-0.1, -0.05) is 59.8 Å². The van der Waals surface area contributed by atoms with E-state index in [0.29, 0.717) is 51.6 Å². The van der Waals surface area contributed by atoms with E-state index in [4.69, 9.17) is 21.8 Å². The third-order valence-electron chi connectivity index (χ3n) is 7.82. The van der Waals surface area contributed by atoms with Crippen molar-refractivity contribution in [2.24, 2.45) is 5.92 Å². The lowest BCUT2D eigenvalue weighted by atomic mass is 9.97. The number of likely N-dealkylation sites (tertiary alicyclic amines) is 1. The van der Waals surface area contributed by atoms with E-state index < -0.39 is 37.0 Å². The number of aliphatic hydroxyl groups is 5. The molecule has 5 rings (SSSR count). The van der Waals surface area contributed by atoms with Gasteiger partial charge in [0.1, 0.15) is 24.1 Å².